The summed E-state index contributed by atoms with van der Waals surface area (Å²) in [6, 6.07) is 28.1. The topological polar surface area (TPSA) is 449 Å². The number of primary amides is 1. The second kappa shape index (κ2) is 42.7. The Morgan fingerprint density at radius 2 is 0.982 bits per heavy atom. The summed E-state index contributed by atoms with van der Waals surface area (Å²) in [6.07, 6.45) is 0.0510. The molecule has 0 bridgehead atoms. The van der Waals surface area contributed by atoms with Gasteiger partial charge < -0.3 is 84.7 Å². The van der Waals surface area contributed by atoms with Crippen LogP contribution in [0.3, 0.4) is 0 Å². The summed E-state index contributed by atoms with van der Waals surface area (Å²) in [7, 11) is 0. The molecular weight excluding hydrogens is 1460 g/mol. The monoisotopic (exact) mass is 1560 g/mol. The maximum absolute atomic E-state index is 15.4. The number of nitrogens with zero attached hydrogens (tertiary/aromatic N) is 2. The number of ether oxygens (including phenoxy) is 1. The second-order valence-corrected chi connectivity index (χ2v) is 29.1. The third-order valence-electron chi connectivity index (χ3n) is 19.2. The number of amides is 12. The van der Waals surface area contributed by atoms with Crippen LogP contribution >= 0.6 is 11.6 Å². The summed E-state index contributed by atoms with van der Waals surface area (Å²) in [5, 5.41) is 51.0. The molecule has 0 aromatic heterocycles. The fourth-order valence-corrected chi connectivity index (χ4v) is 13.5. The number of halogens is 1. The van der Waals surface area contributed by atoms with Crippen molar-refractivity contribution in [3.63, 3.8) is 0 Å². The summed E-state index contributed by atoms with van der Waals surface area (Å²) < 4.78 is 5.55. The van der Waals surface area contributed by atoms with Crippen molar-refractivity contribution >= 4 is 105 Å². The highest BCUT2D eigenvalue weighted by Gasteiger charge is 2.41. The number of aliphatic hydroxyl groups is 1. The zero-order chi connectivity index (χ0) is 81.0. The van der Waals surface area contributed by atoms with E-state index in [0.29, 0.717) is 72.2 Å². The molecule has 2 aliphatic rings. The van der Waals surface area contributed by atoms with Crippen LogP contribution in [-0.2, 0) is 101 Å². The van der Waals surface area contributed by atoms with E-state index in [1.165, 1.54) is 25.7 Å². The number of hydrogen-bond donors (Lipinski definition) is 15. The Hall–Kier alpha value is -11.3. The summed E-state index contributed by atoms with van der Waals surface area (Å²) in [5.74, 6) is -9.76. The van der Waals surface area contributed by atoms with E-state index in [0.717, 1.165) is 21.9 Å². The number of carbonyl (C=O) groups excluding carboxylic acids is 12. The normalized spacial score (nSPS) is 15.9. The number of morpholine rings is 1. The molecule has 112 heavy (non-hydrogen) atoms. The summed E-state index contributed by atoms with van der Waals surface area (Å²) in [4.78, 5) is 174. The molecule has 8 rings (SSSR count). The number of aliphatic hydroxyl groups excluding tert-OH is 1. The average Bonchev–Trinajstić information content (AvgIpc) is 1.50. The van der Waals surface area contributed by atoms with Crippen LogP contribution in [0.25, 0.3) is 10.8 Å². The van der Waals surface area contributed by atoms with Crippen LogP contribution in [0.5, 0.6) is 0 Å². The molecule has 598 valence electrons. The number of hydrogen-bond acceptors (Lipinski definition) is 16. The predicted molar refractivity (Wildman–Crippen MR) is 422 cm³/mol. The van der Waals surface area contributed by atoms with E-state index < -0.39 is 132 Å². The van der Waals surface area contributed by atoms with Gasteiger partial charge in [-0.2, -0.15) is 0 Å². The van der Waals surface area contributed by atoms with Crippen LogP contribution in [0.4, 0.5) is 5.69 Å². The number of fused-ring (bicyclic) bond motifs is 1. The van der Waals surface area contributed by atoms with Crippen LogP contribution in [0.1, 0.15) is 100 Å². The van der Waals surface area contributed by atoms with Gasteiger partial charge in [0.05, 0.1) is 19.8 Å². The van der Waals surface area contributed by atoms with Crippen LogP contribution in [0.2, 0.25) is 5.02 Å². The van der Waals surface area contributed by atoms with Gasteiger partial charge in [-0.05, 0) is 113 Å². The van der Waals surface area contributed by atoms with Gasteiger partial charge in [0.1, 0.15) is 60.4 Å². The fraction of sp³-hybridized carbons (Fsp3) is 0.420. The first-order valence-electron chi connectivity index (χ1n) is 37.6. The number of rotatable bonds is 39. The molecule has 0 aliphatic carbocycles. The standard InChI is InChI=1S/C81H103ClN16O14/c1-48(2)40-63(72(103)90-62(20-12-34-86-81(84)85)80(111)98-35-13-21-70(98)79(110)87-49(3)71(83)102)91-73(104)66(44-55-28-32-60(33-29-55)88-50(4)100)93-75(106)67(42-53-22-24-56(25-23-53)46-97-36-38-112-39-37-97)95-78(109)69(47-99)96-76(107)64(41-52-14-7-6-8-15-52)92-74(105)65(43-54-26-30-59(82)31-27-54)94-77(108)68(89-51(5)101)45-58-18-11-17-57-16-9-10-19-61(57)58/h6-11,14-19,22-33,48-49,62-70,99H,12-13,20-21,34-47H2,1-5H3,(H2,83,102)(H,87,110)(H,88,100)(H,89,101)(H,90,103)(H,91,104)(H,92,105)(H,93,106)(H,94,108)(H,95,109)(H,96,107)(H4,84,85,86)/t49-,62+,63+,64-,65-,66-,67+,68-,69+,70+/m1/s1. The largest absolute Gasteiger partial charge is 0.394 e. The van der Waals surface area contributed by atoms with Crippen LogP contribution in [-0.4, -0.2) is 198 Å². The number of guanidine groups is 1. The molecule has 2 saturated heterocycles. The molecule has 0 saturated carbocycles. The molecule has 17 N–H and O–H groups in total. The van der Waals surface area contributed by atoms with Gasteiger partial charge in [0.25, 0.3) is 0 Å². The lowest BCUT2D eigenvalue weighted by Gasteiger charge is -2.31. The Labute approximate surface area is 656 Å². The fourth-order valence-electron chi connectivity index (χ4n) is 13.4. The van der Waals surface area contributed by atoms with Crippen LogP contribution in [0, 0.1) is 11.3 Å². The second-order valence-electron chi connectivity index (χ2n) is 28.7. The van der Waals surface area contributed by atoms with E-state index in [9.17, 15) is 43.5 Å². The van der Waals surface area contributed by atoms with E-state index in [-0.39, 0.29) is 88.7 Å². The first kappa shape index (κ1) is 86.3. The van der Waals surface area contributed by atoms with E-state index in [2.05, 4.69) is 63.4 Å². The Balaban J connectivity index is 1.08. The highest BCUT2D eigenvalue weighted by molar-refractivity contribution is 6.30. The third kappa shape index (κ3) is 27.0. The average molecular weight is 1560 g/mol. The molecule has 6 aromatic rings. The molecule has 2 fully saturated rings. The summed E-state index contributed by atoms with van der Waals surface area (Å²) in [5.41, 5.74) is 15.2. The van der Waals surface area contributed by atoms with Gasteiger partial charge in [-0.3, -0.25) is 67.8 Å². The van der Waals surface area contributed by atoms with Crippen molar-refractivity contribution in [2.24, 2.45) is 17.4 Å². The molecule has 0 unspecified atom stereocenters. The lowest BCUT2D eigenvalue weighted by molar-refractivity contribution is -0.142. The molecule has 6 aromatic carbocycles. The van der Waals surface area contributed by atoms with Crippen molar-refractivity contribution in [2.45, 2.75) is 166 Å². The minimum Gasteiger partial charge on any atom is -0.394 e. The van der Waals surface area contributed by atoms with Gasteiger partial charge in [0.15, 0.2) is 5.96 Å². The van der Waals surface area contributed by atoms with Crippen molar-refractivity contribution in [3.8, 4) is 0 Å². The van der Waals surface area contributed by atoms with Crippen LogP contribution in [0.15, 0.2) is 146 Å². The lowest BCUT2D eigenvalue weighted by Crippen LogP contribution is -2.62. The minimum absolute atomic E-state index is 0.00530. The van der Waals surface area contributed by atoms with E-state index in [4.69, 9.17) is 33.2 Å². The van der Waals surface area contributed by atoms with Crippen molar-refractivity contribution in [3.05, 3.63) is 184 Å². The summed E-state index contributed by atoms with van der Waals surface area (Å²) in [6.45, 7) is 9.92. The molecule has 0 radical (unpaired) electrons. The van der Waals surface area contributed by atoms with Gasteiger partial charge in [-0.15, -0.1) is 0 Å². The predicted octanol–water partition coefficient (Wildman–Crippen LogP) is 1.98. The minimum atomic E-state index is -1.82. The van der Waals surface area contributed by atoms with Crippen molar-refractivity contribution < 1.29 is 67.4 Å². The van der Waals surface area contributed by atoms with Gasteiger partial charge in [-0.25, -0.2) is 0 Å². The maximum atomic E-state index is 15.4. The van der Waals surface area contributed by atoms with Crippen molar-refractivity contribution in [1.82, 2.24) is 63.0 Å². The Morgan fingerprint density at radius 1 is 0.518 bits per heavy atom. The Kier molecular flexibility index (Phi) is 32.9. The summed E-state index contributed by atoms with van der Waals surface area (Å²) >= 11 is 6.28. The van der Waals surface area contributed by atoms with Gasteiger partial charge in [0.2, 0.25) is 70.9 Å². The van der Waals surface area contributed by atoms with Crippen LogP contribution < -0.4 is 70.0 Å². The molecule has 2 heterocycles. The third-order valence-corrected chi connectivity index (χ3v) is 19.5. The number of benzene rings is 6. The SMILES string of the molecule is CC(=O)Nc1ccc(C[C@@H](NC(=O)[C@H](Cc2ccc(CN3CCOCC3)cc2)NC(=O)[C@H](CO)NC(=O)[C@@H](Cc2ccccc2)NC(=O)[C@@H](Cc2ccc(Cl)cc2)NC(=O)[C@@H](Cc2cccc3ccccc23)NC(C)=O)C(=O)N[C@@H](CC(C)C)C(=O)N[C@@H](CCCNC(=N)N)C(=O)N2CCC[C@H]2C(=O)N[C@H](C)C(N)=O)cc1. The molecule has 31 heteroatoms. The maximum Gasteiger partial charge on any atom is 0.245 e. The molecule has 2 aliphatic heterocycles. The van der Waals surface area contributed by atoms with Crippen molar-refractivity contribution in [1.29, 1.82) is 5.41 Å². The van der Waals surface area contributed by atoms with E-state index in [1.807, 2.05) is 54.6 Å². The number of carbonyl (C=O) groups is 12. The Bertz CT molecular complexity index is 4260. The smallest absolute Gasteiger partial charge is 0.245 e. The zero-order valence-corrected chi connectivity index (χ0v) is 64.4. The number of anilines is 1. The highest BCUT2D eigenvalue weighted by Crippen LogP contribution is 2.24. The Morgan fingerprint density at radius 3 is 1.51 bits per heavy atom. The van der Waals surface area contributed by atoms with E-state index >= 15 is 19.2 Å². The van der Waals surface area contributed by atoms with E-state index in [1.54, 1.807) is 105 Å². The van der Waals surface area contributed by atoms with Gasteiger partial charge >= 0.3 is 0 Å². The molecular formula is C81H103ClN16O14. The molecule has 10 atom stereocenters. The first-order chi connectivity index (χ1) is 53.6. The quantitative estimate of drug-likeness (QED) is 0.0149. The lowest BCUT2D eigenvalue weighted by atomic mass is 9.97. The number of likely N-dealkylation sites (tertiary alicyclic amines) is 1. The number of nitrogens with two attached hydrogens (primary N) is 2. The molecule has 12 amide bonds. The molecule has 30 nitrogen and oxygen atoms in total. The zero-order valence-electron chi connectivity index (χ0n) is 63.6. The van der Waals surface area contributed by atoms with Gasteiger partial charge in [0, 0.05) is 89.4 Å². The molecule has 0 spiro atoms. The van der Waals surface area contributed by atoms with Gasteiger partial charge in [-0.1, -0.05) is 147 Å². The van der Waals surface area contributed by atoms with Crippen molar-refractivity contribution in [2.75, 3.05) is 51.3 Å². The first-order valence-corrected chi connectivity index (χ1v) is 38.0. The number of nitrogens with one attached hydrogen (secondary N) is 12. The highest BCUT2D eigenvalue weighted by atomic mass is 35.5.